The topological polar surface area (TPSA) is 48.9 Å². The number of ether oxygens (including phenoxy) is 1. The Labute approximate surface area is 168 Å². The van der Waals surface area contributed by atoms with E-state index in [-0.39, 0.29) is 0 Å². The number of rotatable bonds is 5. The molecule has 2 saturated heterocycles. The van der Waals surface area contributed by atoms with Crippen molar-refractivity contribution in [1.82, 2.24) is 15.5 Å². The van der Waals surface area contributed by atoms with Gasteiger partial charge in [0.2, 0.25) is 0 Å². The van der Waals surface area contributed by atoms with E-state index in [1.165, 1.54) is 42.1 Å². The van der Waals surface area contributed by atoms with Crippen LogP contribution in [0.1, 0.15) is 24.8 Å². The molecule has 4 rings (SSSR count). The fraction of sp³-hybridized carbons (Fsp3) is 0.522. The molecule has 28 heavy (non-hydrogen) atoms. The van der Waals surface area contributed by atoms with Crippen molar-refractivity contribution < 1.29 is 4.74 Å². The molecule has 5 heteroatoms. The Morgan fingerprint density at radius 2 is 1.93 bits per heavy atom. The third-order valence-electron chi connectivity index (χ3n) is 5.97. The van der Waals surface area contributed by atoms with Crippen molar-refractivity contribution in [2.75, 3.05) is 39.9 Å². The largest absolute Gasteiger partial charge is 0.381 e. The van der Waals surface area contributed by atoms with Gasteiger partial charge in [-0.15, -0.1) is 0 Å². The van der Waals surface area contributed by atoms with Gasteiger partial charge in [0.05, 0.1) is 6.61 Å². The van der Waals surface area contributed by atoms with E-state index >= 15 is 0 Å². The monoisotopic (exact) mass is 380 g/mol. The van der Waals surface area contributed by atoms with Crippen LogP contribution in [0, 0.1) is 5.92 Å². The van der Waals surface area contributed by atoms with Crippen LogP contribution in [0.15, 0.2) is 47.5 Å². The lowest BCUT2D eigenvalue weighted by molar-refractivity contribution is 0.150. The summed E-state index contributed by atoms with van der Waals surface area (Å²) in [6.45, 7) is 6.20. The summed E-state index contributed by atoms with van der Waals surface area (Å²) in [5, 5.41) is 9.66. The molecule has 0 amide bonds. The molecular formula is C23H32N4O. The molecule has 2 aromatic rings. The average molecular weight is 381 g/mol. The van der Waals surface area contributed by atoms with Crippen molar-refractivity contribution in [3.63, 3.8) is 0 Å². The second-order valence-corrected chi connectivity index (χ2v) is 8.06. The van der Waals surface area contributed by atoms with Crippen LogP contribution in [0.2, 0.25) is 0 Å². The third kappa shape index (κ3) is 5.03. The zero-order valence-corrected chi connectivity index (χ0v) is 16.9. The van der Waals surface area contributed by atoms with Gasteiger partial charge in [0.15, 0.2) is 5.96 Å². The summed E-state index contributed by atoms with van der Waals surface area (Å²) in [5.74, 6) is 1.64. The number of benzene rings is 2. The highest BCUT2D eigenvalue weighted by Gasteiger charge is 2.24. The number of hydrogen-bond donors (Lipinski definition) is 2. The van der Waals surface area contributed by atoms with Crippen LogP contribution in [0.25, 0.3) is 10.8 Å². The molecule has 1 atom stereocenters. The Morgan fingerprint density at radius 3 is 2.68 bits per heavy atom. The summed E-state index contributed by atoms with van der Waals surface area (Å²) in [7, 11) is 1.85. The van der Waals surface area contributed by atoms with Gasteiger partial charge < -0.3 is 20.3 Å². The fourth-order valence-corrected chi connectivity index (χ4v) is 4.27. The summed E-state index contributed by atoms with van der Waals surface area (Å²) < 4.78 is 5.51. The minimum atomic E-state index is 0.499. The first-order valence-corrected chi connectivity index (χ1v) is 10.5. The van der Waals surface area contributed by atoms with Crippen molar-refractivity contribution in [3.05, 3.63) is 48.0 Å². The molecule has 2 N–H and O–H groups in total. The zero-order valence-electron chi connectivity index (χ0n) is 16.9. The van der Waals surface area contributed by atoms with Gasteiger partial charge in [0.1, 0.15) is 0 Å². The van der Waals surface area contributed by atoms with E-state index in [9.17, 15) is 0 Å². The SMILES string of the molecule is CN=C(NCc1ccc2ccccc2c1)NC1CCN(CC2CCOC2)CC1. The van der Waals surface area contributed by atoms with Gasteiger partial charge in [-0.3, -0.25) is 4.99 Å². The molecule has 0 bridgehead atoms. The number of hydrogen-bond acceptors (Lipinski definition) is 3. The minimum absolute atomic E-state index is 0.499. The molecule has 5 nitrogen and oxygen atoms in total. The van der Waals surface area contributed by atoms with E-state index in [4.69, 9.17) is 4.74 Å². The van der Waals surface area contributed by atoms with Gasteiger partial charge in [-0.25, -0.2) is 0 Å². The molecule has 2 aliphatic heterocycles. The van der Waals surface area contributed by atoms with Gasteiger partial charge in [-0.1, -0.05) is 36.4 Å². The van der Waals surface area contributed by atoms with Crippen LogP contribution in [-0.4, -0.2) is 56.8 Å². The zero-order chi connectivity index (χ0) is 19.2. The molecule has 0 aliphatic carbocycles. The van der Waals surface area contributed by atoms with Gasteiger partial charge in [-0.05, 0) is 47.6 Å². The number of guanidine groups is 1. The molecule has 2 aromatic carbocycles. The molecule has 2 aliphatic rings. The first-order chi connectivity index (χ1) is 13.8. The highest BCUT2D eigenvalue weighted by atomic mass is 16.5. The molecule has 2 fully saturated rings. The smallest absolute Gasteiger partial charge is 0.191 e. The van der Waals surface area contributed by atoms with Crippen molar-refractivity contribution in [1.29, 1.82) is 0 Å². The molecule has 150 valence electrons. The maximum Gasteiger partial charge on any atom is 0.191 e. The lowest BCUT2D eigenvalue weighted by atomic mass is 10.0. The number of likely N-dealkylation sites (tertiary alicyclic amines) is 1. The first kappa shape index (κ1) is 19.2. The van der Waals surface area contributed by atoms with E-state index in [1.807, 2.05) is 7.05 Å². The Bertz CT molecular complexity index is 792. The highest BCUT2D eigenvalue weighted by Crippen LogP contribution is 2.18. The highest BCUT2D eigenvalue weighted by molar-refractivity contribution is 5.83. The predicted molar refractivity (Wildman–Crippen MR) is 116 cm³/mol. The summed E-state index contributed by atoms with van der Waals surface area (Å²) in [6, 6.07) is 15.6. The molecule has 0 saturated carbocycles. The fourth-order valence-electron chi connectivity index (χ4n) is 4.27. The Morgan fingerprint density at radius 1 is 1.11 bits per heavy atom. The predicted octanol–water partition coefficient (Wildman–Crippen LogP) is 3.01. The van der Waals surface area contributed by atoms with E-state index in [1.54, 1.807) is 0 Å². The normalized spacial score (nSPS) is 21.9. The van der Waals surface area contributed by atoms with Gasteiger partial charge >= 0.3 is 0 Å². The average Bonchev–Trinajstić information content (AvgIpc) is 3.25. The van der Waals surface area contributed by atoms with Crippen molar-refractivity contribution in [2.45, 2.75) is 31.8 Å². The lowest BCUT2D eigenvalue weighted by Gasteiger charge is -2.34. The van der Waals surface area contributed by atoms with Crippen molar-refractivity contribution in [2.24, 2.45) is 10.9 Å². The number of nitrogens with one attached hydrogen (secondary N) is 2. The summed E-state index contributed by atoms with van der Waals surface area (Å²) >= 11 is 0. The van der Waals surface area contributed by atoms with Gasteiger partial charge in [0.25, 0.3) is 0 Å². The van der Waals surface area contributed by atoms with Crippen LogP contribution in [0.4, 0.5) is 0 Å². The number of fused-ring (bicyclic) bond motifs is 1. The van der Waals surface area contributed by atoms with Crippen molar-refractivity contribution in [3.8, 4) is 0 Å². The minimum Gasteiger partial charge on any atom is -0.381 e. The lowest BCUT2D eigenvalue weighted by Crippen LogP contribution is -2.49. The second-order valence-electron chi connectivity index (χ2n) is 8.06. The molecule has 2 heterocycles. The van der Waals surface area contributed by atoms with Crippen molar-refractivity contribution >= 4 is 16.7 Å². The second kappa shape index (κ2) is 9.39. The maximum absolute atomic E-state index is 5.51. The van der Waals surface area contributed by atoms with E-state index in [0.717, 1.165) is 44.7 Å². The number of piperidine rings is 1. The molecule has 0 aromatic heterocycles. The standard InChI is InChI=1S/C23H32N4O/c1-24-23(25-15-18-6-7-20-4-2-3-5-21(20)14-18)26-22-8-11-27(12-9-22)16-19-10-13-28-17-19/h2-7,14,19,22H,8-13,15-17H2,1H3,(H2,24,25,26). The molecule has 0 spiro atoms. The summed E-state index contributed by atoms with van der Waals surface area (Å²) in [6.07, 6.45) is 3.57. The van der Waals surface area contributed by atoms with Crippen LogP contribution in [-0.2, 0) is 11.3 Å². The van der Waals surface area contributed by atoms with Crippen LogP contribution >= 0.6 is 0 Å². The van der Waals surface area contributed by atoms with Gasteiger partial charge in [-0.2, -0.15) is 0 Å². The van der Waals surface area contributed by atoms with E-state index < -0.39 is 0 Å². The van der Waals surface area contributed by atoms with Crippen LogP contribution in [0.5, 0.6) is 0 Å². The number of aliphatic imine (C=N–C) groups is 1. The first-order valence-electron chi connectivity index (χ1n) is 10.5. The van der Waals surface area contributed by atoms with Crippen LogP contribution < -0.4 is 10.6 Å². The quantitative estimate of drug-likeness (QED) is 0.618. The third-order valence-corrected chi connectivity index (χ3v) is 5.97. The van der Waals surface area contributed by atoms with E-state index in [0.29, 0.717) is 6.04 Å². The Hall–Kier alpha value is -2.11. The molecular weight excluding hydrogens is 348 g/mol. The Kier molecular flexibility index (Phi) is 6.45. The van der Waals surface area contributed by atoms with Gasteiger partial charge in [0, 0.05) is 45.9 Å². The van der Waals surface area contributed by atoms with Crippen LogP contribution in [0.3, 0.4) is 0 Å². The number of nitrogens with zero attached hydrogens (tertiary/aromatic N) is 2. The molecule has 1 unspecified atom stereocenters. The molecule has 0 radical (unpaired) electrons. The van der Waals surface area contributed by atoms with E-state index in [2.05, 4.69) is 63.0 Å². The maximum atomic E-state index is 5.51. The summed E-state index contributed by atoms with van der Waals surface area (Å²) in [5.41, 5.74) is 1.27. The summed E-state index contributed by atoms with van der Waals surface area (Å²) in [4.78, 5) is 7.03. The Balaban J connectivity index is 1.23.